The SMILES string of the molecule is Cc1nc([C@H]2CN(CCc3cccs3)CCO2)n[nH]1. The van der Waals surface area contributed by atoms with Gasteiger partial charge in [-0.3, -0.25) is 10.00 Å². The molecule has 0 unspecified atom stereocenters. The first-order valence-corrected chi connectivity index (χ1v) is 7.44. The Kier molecular flexibility index (Phi) is 3.91. The molecule has 1 aliphatic rings. The van der Waals surface area contributed by atoms with Crippen molar-refractivity contribution in [2.75, 3.05) is 26.2 Å². The standard InChI is InChI=1S/C13H18N4OS/c1-10-14-13(16-15-10)12-9-17(6-7-18-12)5-4-11-3-2-8-19-11/h2-3,8,12H,4-7,9H2,1H3,(H,14,15,16)/t12-/m1/s1. The van der Waals surface area contributed by atoms with Crippen LogP contribution in [-0.2, 0) is 11.2 Å². The van der Waals surface area contributed by atoms with E-state index in [0.717, 1.165) is 44.3 Å². The molecule has 0 radical (unpaired) electrons. The van der Waals surface area contributed by atoms with Crippen molar-refractivity contribution in [3.05, 3.63) is 34.0 Å². The highest BCUT2D eigenvalue weighted by Crippen LogP contribution is 2.19. The van der Waals surface area contributed by atoms with Crippen molar-refractivity contribution < 1.29 is 4.74 Å². The minimum Gasteiger partial charge on any atom is -0.367 e. The minimum atomic E-state index is 0.00188. The number of nitrogens with zero attached hydrogens (tertiary/aromatic N) is 3. The molecular formula is C13H18N4OS. The summed E-state index contributed by atoms with van der Waals surface area (Å²) in [4.78, 5) is 8.23. The molecule has 1 saturated heterocycles. The number of aryl methyl sites for hydroxylation is 1. The number of thiophene rings is 1. The van der Waals surface area contributed by atoms with Crippen molar-refractivity contribution in [2.45, 2.75) is 19.4 Å². The molecule has 3 rings (SSSR count). The number of aromatic nitrogens is 3. The monoisotopic (exact) mass is 278 g/mol. The van der Waals surface area contributed by atoms with E-state index in [1.807, 2.05) is 18.3 Å². The number of H-pyrrole nitrogens is 1. The van der Waals surface area contributed by atoms with Crippen molar-refractivity contribution in [1.29, 1.82) is 0 Å². The Hall–Kier alpha value is -1.24. The molecule has 1 aliphatic heterocycles. The molecular weight excluding hydrogens is 260 g/mol. The molecule has 0 bridgehead atoms. The van der Waals surface area contributed by atoms with E-state index < -0.39 is 0 Å². The third kappa shape index (κ3) is 3.20. The Morgan fingerprint density at radius 2 is 2.53 bits per heavy atom. The van der Waals surface area contributed by atoms with Crippen LogP contribution in [0.3, 0.4) is 0 Å². The molecule has 1 N–H and O–H groups in total. The molecule has 0 aliphatic carbocycles. The van der Waals surface area contributed by atoms with E-state index in [0.29, 0.717) is 0 Å². The van der Waals surface area contributed by atoms with Crippen LogP contribution < -0.4 is 0 Å². The topological polar surface area (TPSA) is 54.0 Å². The maximum Gasteiger partial charge on any atom is 0.180 e. The highest BCUT2D eigenvalue weighted by Gasteiger charge is 2.24. The summed E-state index contributed by atoms with van der Waals surface area (Å²) in [6, 6.07) is 4.31. The lowest BCUT2D eigenvalue weighted by Gasteiger charge is -2.31. The van der Waals surface area contributed by atoms with Gasteiger partial charge < -0.3 is 4.74 Å². The highest BCUT2D eigenvalue weighted by atomic mass is 32.1. The van der Waals surface area contributed by atoms with Gasteiger partial charge in [0.15, 0.2) is 5.82 Å². The number of nitrogens with one attached hydrogen (secondary N) is 1. The number of hydrogen-bond donors (Lipinski definition) is 1. The third-order valence-corrected chi connectivity index (χ3v) is 4.24. The van der Waals surface area contributed by atoms with E-state index in [1.54, 1.807) is 0 Å². The lowest BCUT2D eigenvalue weighted by atomic mass is 10.2. The molecule has 19 heavy (non-hydrogen) atoms. The highest BCUT2D eigenvalue weighted by molar-refractivity contribution is 7.09. The molecule has 5 nitrogen and oxygen atoms in total. The predicted molar refractivity (Wildman–Crippen MR) is 74.3 cm³/mol. The molecule has 0 amide bonds. The molecule has 0 aromatic carbocycles. The van der Waals surface area contributed by atoms with Crippen molar-refractivity contribution in [2.24, 2.45) is 0 Å². The lowest BCUT2D eigenvalue weighted by molar-refractivity contribution is -0.0337. The Bertz CT molecular complexity index is 510. The molecule has 6 heteroatoms. The first-order chi connectivity index (χ1) is 9.31. The zero-order chi connectivity index (χ0) is 13.1. The Morgan fingerprint density at radius 3 is 3.26 bits per heavy atom. The van der Waals surface area contributed by atoms with Gasteiger partial charge in [0.2, 0.25) is 0 Å². The van der Waals surface area contributed by atoms with Crippen LogP contribution in [0.5, 0.6) is 0 Å². The van der Waals surface area contributed by atoms with Crippen LogP contribution in [0.25, 0.3) is 0 Å². The van der Waals surface area contributed by atoms with E-state index in [9.17, 15) is 0 Å². The maximum atomic E-state index is 5.76. The second-order valence-electron chi connectivity index (χ2n) is 4.77. The number of morpholine rings is 1. The molecule has 102 valence electrons. The van der Waals surface area contributed by atoms with Gasteiger partial charge in [-0.15, -0.1) is 11.3 Å². The summed E-state index contributed by atoms with van der Waals surface area (Å²) < 4.78 is 5.76. The van der Waals surface area contributed by atoms with Crippen LogP contribution in [0, 0.1) is 6.92 Å². The molecule has 2 aromatic heterocycles. The molecule has 1 atom stereocenters. The molecule has 0 spiro atoms. The van der Waals surface area contributed by atoms with Crippen LogP contribution in [0.1, 0.15) is 22.6 Å². The molecule has 2 aromatic rings. The van der Waals surface area contributed by atoms with Gasteiger partial charge in [0.05, 0.1) is 6.61 Å². The number of aromatic amines is 1. The van der Waals surface area contributed by atoms with Gasteiger partial charge in [-0.1, -0.05) is 6.07 Å². The van der Waals surface area contributed by atoms with Crippen LogP contribution in [0.4, 0.5) is 0 Å². The van der Waals surface area contributed by atoms with Crippen molar-refractivity contribution in [1.82, 2.24) is 20.1 Å². The average molecular weight is 278 g/mol. The Balaban J connectivity index is 1.56. The van der Waals surface area contributed by atoms with Gasteiger partial charge in [0, 0.05) is 24.5 Å². The summed E-state index contributed by atoms with van der Waals surface area (Å²) in [6.07, 6.45) is 1.11. The smallest absolute Gasteiger partial charge is 0.180 e. The first kappa shape index (κ1) is 12.8. The number of rotatable bonds is 4. The van der Waals surface area contributed by atoms with E-state index in [4.69, 9.17) is 4.74 Å². The van der Waals surface area contributed by atoms with Crippen LogP contribution >= 0.6 is 11.3 Å². The summed E-state index contributed by atoms with van der Waals surface area (Å²) in [5.41, 5.74) is 0. The van der Waals surface area contributed by atoms with Crippen LogP contribution in [0.2, 0.25) is 0 Å². The number of ether oxygens (including phenoxy) is 1. The predicted octanol–water partition coefficient (Wildman–Crippen LogP) is 1.79. The Morgan fingerprint density at radius 1 is 1.58 bits per heavy atom. The first-order valence-electron chi connectivity index (χ1n) is 6.56. The summed E-state index contributed by atoms with van der Waals surface area (Å²) in [6.45, 7) is 5.61. The summed E-state index contributed by atoms with van der Waals surface area (Å²) in [7, 11) is 0. The van der Waals surface area contributed by atoms with Crippen LogP contribution in [-0.4, -0.2) is 46.3 Å². The van der Waals surface area contributed by atoms with Crippen molar-refractivity contribution in [3.63, 3.8) is 0 Å². The molecule has 3 heterocycles. The van der Waals surface area contributed by atoms with Crippen LogP contribution in [0.15, 0.2) is 17.5 Å². The normalized spacial score (nSPS) is 20.8. The van der Waals surface area contributed by atoms with Gasteiger partial charge >= 0.3 is 0 Å². The van der Waals surface area contributed by atoms with Crippen molar-refractivity contribution >= 4 is 11.3 Å². The van der Waals surface area contributed by atoms with E-state index in [2.05, 4.69) is 37.6 Å². The van der Waals surface area contributed by atoms with E-state index in [1.165, 1.54) is 4.88 Å². The summed E-state index contributed by atoms with van der Waals surface area (Å²) in [5.74, 6) is 1.62. The Labute approximate surface area is 116 Å². The summed E-state index contributed by atoms with van der Waals surface area (Å²) in [5, 5.41) is 9.21. The molecule has 0 saturated carbocycles. The summed E-state index contributed by atoms with van der Waals surface area (Å²) >= 11 is 1.82. The second-order valence-corrected chi connectivity index (χ2v) is 5.80. The van der Waals surface area contributed by atoms with Gasteiger partial charge in [-0.25, -0.2) is 4.98 Å². The maximum absolute atomic E-state index is 5.76. The largest absolute Gasteiger partial charge is 0.367 e. The van der Waals surface area contributed by atoms with Gasteiger partial charge in [0.1, 0.15) is 11.9 Å². The van der Waals surface area contributed by atoms with Crippen molar-refractivity contribution in [3.8, 4) is 0 Å². The zero-order valence-corrected chi connectivity index (χ0v) is 11.8. The lowest BCUT2D eigenvalue weighted by Crippen LogP contribution is -2.39. The van der Waals surface area contributed by atoms with E-state index >= 15 is 0 Å². The quantitative estimate of drug-likeness (QED) is 0.926. The number of hydrogen-bond acceptors (Lipinski definition) is 5. The fourth-order valence-electron chi connectivity index (χ4n) is 2.29. The van der Waals surface area contributed by atoms with E-state index in [-0.39, 0.29) is 6.10 Å². The second kappa shape index (κ2) is 5.81. The fraction of sp³-hybridized carbons (Fsp3) is 0.538. The zero-order valence-electron chi connectivity index (χ0n) is 11.0. The van der Waals surface area contributed by atoms with Gasteiger partial charge in [-0.2, -0.15) is 5.10 Å². The molecule has 1 fully saturated rings. The minimum absolute atomic E-state index is 0.00188. The third-order valence-electron chi connectivity index (χ3n) is 3.31. The van der Waals surface area contributed by atoms with Gasteiger partial charge in [-0.05, 0) is 24.8 Å². The average Bonchev–Trinajstić information content (AvgIpc) is 3.08. The van der Waals surface area contributed by atoms with Gasteiger partial charge in [0.25, 0.3) is 0 Å². The fourth-order valence-corrected chi connectivity index (χ4v) is 2.99.